The molecule has 0 aliphatic carbocycles. The average Bonchev–Trinajstić information content (AvgIpc) is 3.92. The number of hydrogen-bond acceptors (Lipinski definition) is 13. The number of aliphatic imine (C=N–C) groups is 1. The number of carbonyl (C=O) groups excluding carboxylic acids is 3. The van der Waals surface area contributed by atoms with Crippen molar-refractivity contribution in [3.8, 4) is 11.5 Å². The van der Waals surface area contributed by atoms with E-state index in [9.17, 15) is 19.5 Å². The van der Waals surface area contributed by atoms with E-state index >= 15 is 0 Å². The van der Waals surface area contributed by atoms with Crippen molar-refractivity contribution < 1.29 is 33.7 Å². The number of nitrogens with two attached hydrogens (primary N) is 2. The van der Waals surface area contributed by atoms with Gasteiger partial charge in [0.2, 0.25) is 17.8 Å². The van der Waals surface area contributed by atoms with E-state index in [-0.39, 0.29) is 42.9 Å². The number of aryl methyl sites for hydroxylation is 2. The molecule has 0 radical (unpaired) electrons. The monoisotopic (exact) mass is 838 g/mol. The average molecular weight is 839 g/mol. The third-order valence-corrected chi connectivity index (χ3v) is 9.89. The van der Waals surface area contributed by atoms with Gasteiger partial charge in [-0.05, 0) is 76.1 Å². The fourth-order valence-electron chi connectivity index (χ4n) is 7.09. The third kappa shape index (κ3) is 10.4. The Morgan fingerprint density at radius 3 is 2.25 bits per heavy atom. The van der Waals surface area contributed by atoms with Gasteiger partial charge in [-0.15, -0.1) is 0 Å². The lowest BCUT2D eigenvalue weighted by Crippen LogP contribution is -2.37. The summed E-state index contributed by atoms with van der Waals surface area (Å²) in [5.74, 6) is -0.345. The van der Waals surface area contributed by atoms with Gasteiger partial charge in [0.05, 0.1) is 50.3 Å². The summed E-state index contributed by atoms with van der Waals surface area (Å²) in [5, 5.41) is 20.2. The molecule has 0 atom stereocenters. The summed E-state index contributed by atoms with van der Waals surface area (Å²) in [6, 6.07) is 8.31. The van der Waals surface area contributed by atoms with E-state index < -0.39 is 17.7 Å². The van der Waals surface area contributed by atoms with Crippen molar-refractivity contribution >= 4 is 57.4 Å². The fraction of sp³-hybridized carbons (Fsp3) is 0.405. The molecule has 19 heteroatoms. The zero-order valence-electron chi connectivity index (χ0n) is 35.2. The largest absolute Gasteiger partial charge is 0.494 e. The number of methoxy groups -OCH3 is 1. The highest BCUT2D eigenvalue weighted by Gasteiger charge is 2.23. The summed E-state index contributed by atoms with van der Waals surface area (Å²) in [7, 11) is 1.52. The van der Waals surface area contributed by atoms with Crippen LogP contribution in [-0.2, 0) is 35.8 Å². The van der Waals surface area contributed by atoms with Crippen LogP contribution in [0.3, 0.4) is 0 Å². The third-order valence-electron chi connectivity index (χ3n) is 9.89. The Morgan fingerprint density at radius 2 is 1.62 bits per heavy atom. The molecule has 6 rings (SSSR count). The second-order valence-corrected chi connectivity index (χ2v) is 14.4. The lowest BCUT2D eigenvalue weighted by Gasteiger charge is -2.26. The van der Waals surface area contributed by atoms with Gasteiger partial charge in [-0.2, -0.15) is 5.10 Å². The summed E-state index contributed by atoms with van der Waals surface area (Å²) in [6.45, 7) is 12.4. The molecule has 1 aliphatic heterocycles. The molecular weight excluding hydrogens is 785 g/mol. The van der Waals surface area contributed by atoms with Crippen molar-refractivity contribution in [2.75, 3.05) is 63.7 Å². The van der Waals surface area contributed by atoms with Crippen LogP contribution >= 0.6 is 0 Å². The van der Waals surface area contributed by atoms with Crippen LogP contribution in [0, 0.1) is 6.92 Å². The molecule has 1 saturated heterocycles. The smallest absolute Gasteiger partial charge is 0.276 e. The van der Waals surface area contributed by atoms with Gasteiger partial charge in [-0.25, -0.2) is 9.97 Å². The topological polar surface area (TPSA) is 244 Å². The summed E-state index contributed by atoms with van der Waals surface area (Å²) >= 11 is 0. The quantitative estimate of drug-likeness (QED) is 0.0457. The van der Waals surface area contributed by atoms with Crippen LogP contribution in [-0.4, -0.2) is 115 Å². The zero-order chi connectivity index (χ0) is 43.6. The van der Waals surface area contributed by atoms with Gasteiger partial charge in [-0.3, -0.25) is 39.6 Å². The molecule has 1 fully saturated rings. The van der Waals surface area contributed by atoms with Gasteiger partial charge in [0.1, 0.15) is 33.9 Å². The number of morpholine rings is 1. The van der Waals surface area contributed by atoms with E-state index in [2.05, 4.69) is 25.6 Å². The van der Waals surface area contributed by atoms with Crippen LogP contribution in [0.1, 0.15) is 59.3 Å². The van der Waals surface area contributed by atoms with E-state index in [0.717, 1.165) is 26.1 Å². The Kier molecular flexibility index (Phi) is 14.5. The van der Waals surface area contributed by atoms with Crippen molar-refractivity contribution in [2.45, 2.75) is 60.4 Å². The highest BCUT2D eigenvalue weighted by Crippen LogP contribution is 2.33. The van der Waals surface area contributed by atoms with E-state index in [1.54, 1.807) is 51.1 Å². The number of aliphatic hydroxyl groups excluding tert-OH is 1. The first kappa shape index (κ1) is 44.0. The molecule has 7 N–H and O–H groups in total. The standard InChI is InChI=1S/C42H54N12O7/c1-6-45-32(19-26(3)43)39(57)48-41-46-30-21-28(25-55)22-34(59-5)36(30)52(41)12-8-9-13-53-37-31(47-42(53)49-40(58)33-20-27(4)50-54(33)7-2)23-29(38(44)56)24-35(37)61-16-10-11-51-14-17-60-18-15-51/h8-9,19-24,55H,6-7,10-18,25,43H2,1-5H3,(H2,44,56)(H,46,48,57)(H,47,49,58)/b9-8+,26-19-,45-32?. The van der Waals surface area contributed by atoms with E-state index in [1.165, 1.54) is 13.2 Å². The van der Waals surface area contributed by atoms with Crippen molar-refractivity contribution in [2.24, 2.45) is 16.5 Å². The summed E-state index contributed by atoms with van der Waals surface area (Å²) in [5.41, 5.74) is 16.1. The molecule has 3 aromatic heterocycles. The molecule has 61 heavy (non-hydrogen) atoms. The highest BCUT2D eigenvalue weighted by atomic mass is 16.5. The maximum Gasteiger partial charge on any atom is 0.276 e. The zero-order valence-corrected chi connectivity index (χ0v) is 35.2. The van der Waals surface area contributed by atoms with Gasteiger partial charge >= 0.3 is 0 Å². The number of allylic oxidation sites excluding steroid dienone is 3. The first-order valence-electron chi connectivity index (χ1n) is 20.2. The predicted octanol–water partition coefficient (Wildman–Crippen LogP) is 3.38. The first-order chi connectivity index (χ1) is 29.4. The van der Waals surface area contributed by atoms with Crippen LogP contribution in [0.25, 0.3) is 22.1 Å². The molecule has 19 nitrogen and oxygen atoms in total. The SMILES string of the molecule is CCN=C(/C=C(/C)N)C(=O)Nc1nc2cc(CO)cc(OC)c2n1C/C=C/Cn1c(NC(=O)c2cc(C)nn2CC)nc2cc(C(N)=O)cc(OCCCN3CCOCC3)c21. The highest BCUT2D eigenvalue weighted by molar-refractivity contribution is 6.47. The first-order valence-corrected chi connectivity index (χ1v) is 20.2. The van der Waals surface area contributed by atoms with Gasteiger partial charge in [0.15, 0.2) is 0 Å². The lowest BCUT2D eigenvalue weighted by atomic mass is 10.1. The molecule has 1 aliphatic rings. The summed E-state index contributed by atoms with van der Waals surface area (Å²) < 4.78 is 22.8. The number of rotatable bonds is 19. The molecule has 0 spiro atoms. The van der Waals surface area contributed by atoms with Crippen LogP contribution in [0.5, 0.6) is 11.5 Å². The maximum absolute atomic E-state index is 13.8. The van der Waals surface area contributed by atoms with Crippen molar-refractivity contribution in [3.63, 3.8) is 0 Å². The van der Waals surface area contributed by atoms with Crippen molar-refractivity contribution in [1.82, 2.24) is 33.8 Å². The minimum atomic E-state index is -0.651. The number of fused-ring (bicyclic) bond motifs is 2. The van der Waals surface area contributed by atoms with Gasteiger partial charge < -0.3 is 39.9 Å². The summed E-state index contributed by atoms with van der Waals surface area (Å²) in [6.07, 6.45) is 5.95. The molecule has 4 heterocycles. The predicted molar refractivity (Wildman–Crippen MR) is 232 cm³/mol. The molecular formula is C42H54N12O7. The van der Waals surface area contributed by atoms with E-state index in [4.69, 9.17) is 35.6 Å². The Labute approximate surface area is 353 Å². The number of imidazole rings is 2. The number of aliphatic hydroxyl groups is 1. The molecule has 5 aromatic rings. The number of primary amides is 1. The van der Waals surface area contributed by atoms with Gasteiger partial charge in [0.25, 0.3) is 11.8 Å². The number of ether oxygens (including phenoxy) is 3. The number of anilines is 2. The molecule has 0 bridgehead atoms. The van der Waals surface area contributed by atoms with E-state index in [0.29, 0.717) is 89.1 Å². The van der Waals surface area contributed by atoms with Crippen molar-refractivity contribution in [1.29, 1.82) is 0 Å². The second kappa shape index (κ2) is 20.1. The number of nitrogens with zero attached hydrogens (tertiary/aromatic N) is 8. The Hall–Kier alpha value is -6.57. The van der Waals surface area contributed by atoms with Crippen LogP contribution in [0.15, 0.2) is 59.2 Å². The Balaban J connectivity index is 1.37. The number of aromatic nitrogens is 6. The fourth-order valence-corrected chi connectivity index (χ4v) is 7.09. The second-order valence-electron chi connectivity index (χ2n) is 14.4. The van der Waals surface area contributed by atoms with Gasteiger partial charge in [0, 0.05) is 57.1 Å². The molecule has 0 saturated carbocycles. The van der Waals surface area contributed by atoms with Crippen LogP contribution in [0.2, 0.25) is 0 Å². The Morgan fingerprint density at radius 1 is 0.951 bits per heavy atom. The summed E-state index contributed by atoms with van der Waals surface area (Å²) in [4.78, 5) is 56.0. The molecule has 2 aromatic carbocycles. The minimum absolute atomic E-state index is 0.136. The van der Waals surface area contributed by atoms with E-state index in [1.807, 2.05) is 32.9 Å². The normalized spacial score (nSPS) is 14.0. The number of amides is 3. The lowest BCUT2D eigenvalue weighted by molar-refractivity contribution is -0.110. The molecule has 0 unspecified atom stereocenters. The molecule has 324 valence electrons. The van der Waals surface area contributed by atoms with Crippen molar-refractivity contribution in [3.05, 3.63) is 76.8 Å². The number of carbonyl (C=O) groups is 3. The van der Waals surface area contributed by atoms with Gasteiger partial charge in [-0.1, -0.05) is 12.2 Å². The number of benzene rings is 2. The molecule has 3 amide bonds. The number of nitrogens with one attached hydrogen (secondary N) is 2. The number of hydrogen-bond donors (Lipinski definition) is 5. The maximum atomic E-state index is 13.8. The Bertz CT molecular complexity index is 2490. The van der Waals surface area contributed by atoms with Crippen LogP contribution < -0.4 is 31.6 Å². The van der Waals surface area contributed by atoms with Crippen LogP contribution in [0.4, 0.5) is 11.9 Å². The minimum Gasteiger partial charge on any atom is -0.494 e.